The minimum absolute atomic E-state index is 1.07. The molecule has 0 amide bonds. The highest BCUT2D eigenvalue weighted by molar-refractivity contribution is 6.39. The molecule has 3 aromatic heterocycles. The molecule has 7 aromatic rings. The monoisotopic (exact) mass is 597 g/mol. The van der Waals surface area contributed by atoms with Crippen LogP contribution in [0, 0.1) is 0 Å². The van der Waals surface area contributed by atoms with Crippen molar-refractivity contribution in [2.45, 2.75) is 117 Å². The van der Waals surface area contributed by atoms with Crippen LogP contribution < -0.4 is 0 Å². The molecule has 7 rings (SSSR count). The zero-order valence-electron chi connectivity index (χ0n) is 27.9. The Bertz CT molecular complexity index is 1810. The van der Waals surface area contributed by atoms with E-state index >= 15 is 0 Å². The van der Waals surface area contributed by atoms with E-state index in [0.29, 0.717) is 0 Å². The third-order valence-electron chi connectivity index (χ3n) is 10.3. The first-order valence-corrected chi connectivity index (χ1v) is 18.1. The van der Waals surface area contributed by atoms with Crippen LogP contribution in [0.2, 0.25) is 0 Å². The van der Waals surface area contributed by atoms with Crippen LogP contribution in [-0.4, -0.2) is 13.7 Å². The number of unbranched alkanes of at least 4 members (excludes halogenated alkanes) is 9. The van der Waals surface area contributed by atoms with Crippen LogP contribution in [-0.2, 0) is 19.6 Å². The normalized spacial score (nSPS) is 12.3. The SMILES string of the molecule is CCCCCCn1c2ccccc2c2c1c1c3ccccc3n(CCCCCC)c1c1c3ccccc3n(CCCCCC)c21. The van der Waals surface area contributed by atoms with Crippen molar-refractivity contribution in [1.29, 1.82) is 0 Å². The molecule has 0 spiro atoms. The molecular formula is C42H51N3. The lowest BCUT2D eigenvalue weighted by Gasteiger charge is -2.13. The standard InChI is InChI=1S/C42H51N3/c1-4-7-10-19-28-43-34-25-16-13-22-31(34)37-40(43)38-32-23-14-17-26-35(32)44(29-20-11-8-5-2)42(38)39-33-24-15-18-27-36(33)45(41(37)39)30-21-12-9-6-3/h13-18,22-27H,4-12,19-21,28-30H2,1-3H3. The maximum Gasteiger partial charge on any atom is 0.0614 e. The van der Waals surface area contributed by atoms with Crippen LogP contribution in [0.15, 0.2) is 72.8 Å². The number of hydrogen-bond acceptors (Lipinski definition) is 0. The minimum atomic E-state index is 1.07. The molecule has 234 valence electrons. The first kappa shape index (κ1) is 30.0. The van der Waals surface area contributed by atoms with E-state index in [2.05, 4.69) is 107 Å². The van der Waals surface area contributed by atoms with Crippen LogP contribution in [0.5, 0.6) is 0 Å². The smallest absolute Gasteiger partial charge is 0.0614 e. The summed E-state index contributed by atoms with van der Waals surface area (Å²) >= 11 is 0. The van der Waals surface area contributed by atoms with Gasteiger partial charge in [-0.05, 0) is 37.5 Å². The fourth-order valence-corrected chi connectivity index (χ4v) is 8.20. The lowest BCUT2D eigenvalue weighted by molar-refractivity contribution is 0.600. The zero-order chi connectivity index (χ0) is 30.8. The molecule has 0 aliphatic carbocycles. The van der Waals surface area contributed by atoms with Gasteiger partial charge in [0.1, 0.15) is 0 Å². The molecule has 0 aliphatic rings. The van der Waals surface area contributed by atoms with Crippen LogP contribution in [0.4, 0.5) is 0 Å². The van der Waals surface area contributed by atoms with Gasteiger partial charge in [-0.2, -0.15) is 0 Å². The van der Waals surface area contributed by atoms with Gasteiger partial charge < -0.3 is 13.7 Å². The Hall–Kier alpha value is -3.72. The zero-order valence-corrected chi connectivity index (χ0v) is 27.9. The number of hydrogen-bond donors (Lipinski definition) is 0. The van der Waals surface area contributed by atoms with E-state index in [1.54, 1.807) is 0 Å². The van der Waals surface area contributed by atoms with Crippen molar-refractivity contribution in [3.8, 4) is 0 Å². The molecule has 0 fully saturated rings. The van der Waals surface area contributed by atoms with Crippen molar-refractivity contribution in [3.63, 3.8) is 0 Å². The molecule has 0 saturated carbocycles. The Morgan fingerprint density at radius 2 is 0.644 bits per heavy atom. The molecule has 0 unspecified atom stereocenters. The second kappa shape index (κ2) is 13.3. The molecule has 0 bridgehead atoms. The Morgan fingerprint density at radius 1 is 0.356 bits per heavy atom. The van der Waals surface area contributed by atoms with E-state index < -0.39 is 0 Å². The largest absolute Gasteiger partial charge is 0.340 e. The number of rotatable bonds is 15. The van der Waals surface area contributed by atoms with Crippen molar-refractivity contribution in [3.05, 3.63) is 72.8 Å². The van der Waals surface area contributed by atoms with Crippen molar-refractivity contribution < 1.29 is 0 Å². The Kier molecular flexibility index (Phi) is 8.88. The average Bonchev–Trinajstić information content (AvgIpc) is 3.69. The van der Waals surface area contributed by atoms with Gasteiger partial charge in [0.2, 0.25) is 0 Å². The van der Waals surface area contributed by atoms with Gasteiger partial charge in [0.05, 0.1) is 16.6 Å². The lowest BCUT2D eigenvalue weighted by Crippen LogP contribution is -2.01. The van der Waals surface area contributed by atoms with Gasteiger partial charge in [-0.3, -0.25) is 0 Å². The third kappa shape index (κ3) is 5.13. The molecule has 0 atom stereocenters. The second-order valence-corrected chi connectivity index (χ2v) is 13.4. The van der Waals surface area contributed by atoms with Crippen LogP contribution >= 0.6 is 0 Å². The fourth-order valence-electron chi connectivity index (χ4n) is 8.20. The number of aryl methyl sites for hydroxylation is 3. The molecular weight excluding hydrogens is 546 g/mol. The molecule has 3 heterocycles. The molecule has 3 nitrogen and oxygen atoms in total. The number of para-hydroxylation sites is 3. The quantitative estimate of drug-likeness (QED) is 0.104. The summed E-state index contributed by atoms with van der Waals surface area (Å²) < 4.78 is 8.15. The van der Waals surface area contributed by atoms with Gasteiger partial charge in [0.15, 0.2) is 0 Å². The van der Waals surface area contributed by atoms with E-state index in [0.717, 1.165) is 19.6 Å². The molecule has 0 saturated heterocycles. The highest BCUT2D eigenvalue weighted by Gasteiger charge is 2.27. The third-order valence-corrected chi connectivity index (χ3v) is 10.3. The summed E-state index contributed by atoms with van der Waals surface area (Å²) in [4.78, 5) is 0. The van der Waals surface area contributed by atoms with E-state index in [9.17, 15) is 0 Å². The van der Waals surface area contributed by atoms with Crippen molar-refractivity contribution in [2.24, 2.45) is 0 Å². The summed E-state index contributed by atoms with van der Waals surface area (Å²) in [6.45, 7) is 10.1. The lowest BCUT2D eigenvalue weighted by atomic mass is 10.0. The van der Waals surface area contributed by atoms with Crippen molar-refractivity contribution >= 4 is 65.4 Å². The first-order valence-electron chi connectivity index (χ1n) is 18.1. The number of benzene rings is 4. The minimum Gasteiger partial charge on any atom is -0.340 e. The predicted molar refractivity (Wildman–Crippen MR) is 198 cm³/mol. The predicted octanol–water partition coefficient (Wildman–Crippen LogP) is 12.8. The molecule has 45 heavy (non-hydrogen) atoms. The van der Waals surface area contributed by atoms with E-state index in [4.69, 9.17) is 0 Å². The topological polar surface area (TPSA) is 14.8 Å². The van der Waals surface area contributed by atoms with Crippen LogP contribution in [0.3, 0.4) is 0 Å². The molecule has 3 heteroatoms. The summed E-state index contributed by atoms with van der Waals surface area (Å²) in [5.41, 5.74) is 8.53. The summed E-state index contributed by atoms with van der Waals surface area (Å²) in [6.07, 6.45) is 15.2. The summed E-state index contributed by atoms with van der Waals surface area (Å²) in [7, 11) is 0. The number of aromatic nitrogens is 3. The van der Waals surface area contributed by atoms with E-state index in [1.807, 2.05) is 0 Å². The fraction of sp³-hybridized carbons (Fsp3) is 0.429. The second-order valence-electron chi connectivity index (χ2n) is 13.4. The molecule has 0 aliphatic heterocycles. The van der Waals surface area contributed by atoms with Gasteiger partial charge in [0.25, 0.3) is 0 Å². The summed E-state index contributed by atoms with van der Waals surface area (Å²) in [6, 6.07) is 27.8. The van der Waals surface area contributed by atoms with E-state index in [1.165, 1.54) is 142 Å². The number of fused-ring (bicyclic) bond motifs is 12. The first-order chi connectivity index (χ1) is 22.3. The van der Waals surface area contributed by atoms with Gasteiger partial charge in [0, 0.05) is 68.5 Å². The van der Waals surface area contributed by atoms with Gasteiger partial charge in [-0.15, -0.1) is 0 Å². The summed E-state index contributed by atoms with van der Waals surface area (Å²) in [5, 5.41) is 8.62. The maximum atomic E-state index is 2.72. The maximum absolute atomic E-state index is 2.72. The Labute approximate surface area is 268 Å². The Balaban J connectivity index is 1.66. The summed E-state index contributed by atoms with van der Waals surface area (Å²) in [5.74, 6) is 0. The average molecular weight is 598 g/mol. The highest BCUT2D eigenvalue weighted by atomic mass is 15.0. The van der Waals surface area contributed by atoms with Crippen molar-refractivity contribution in [1.82, 2.24) is 13.7 Å². The van der Waals surface area contributed by atoms with Crippen LogP contribution in [0.1, 0.15) is 97.8 Å². The van der Waals surface area contributed by atoms with E-state index in [-0.39, 0.29) is 0 Å². The molecule has 4 aromatic carbocycles. The molecule has 0 radical (unpaired) electrons. The van der Waals surface area contributed by atoms with Gasteiger partial charge >= 0.3 is 0 Å². The Morgan fingerprint density at radius 3 is 0.933 bits per heavy atom. The highest BCUT2D eigenvalue weighted by Crippen LogP contribution is 2.48. The van der Waals surface area contributed by atoms with Gasteiger partial charge in [-0.25, -0.2) is 0 Å². The number of nitrogens with zero attached hydrogens (tertiary/aromatic N) is 3. The van der Waals surface area contributed by atoms with Crippen LogP contribution in [0.25, 0.3) is 65.4 Å². The van der Waals surface area contributed by atoms with Crippen molar-refractivity contribution in [2.75, 3.05) is 0 Å². The van der Waals surface area contributed by atoms with Gasteiger partial charge in [-0.1, -0.05) is 133 Å². The molecule has 0 N–H and O–H groups in total.